The van der Waals surface area contributed by atoms with Crippen molar-refractivity contribution in [2.24, 2.45) is 0 Å². The molecule has 0 radical (unpaired) electrons. The Morgan fingerprint density at radius 3 is 2.70 bits per heavy atom. The third kappa shape index (κ3) is 3.93. The van der Waals surface area contributed by atoms with Gasteiger partial charge in [-0.3, -0.25) is 14.5 Å². The van der Waals surface area contributed by atoms with E-state index in [0.29, 0.717) is 32.7 Å². The number of ether oxygens (including phenoxy) is 2. The number of aromatic amines is 1. The summed E-state index contributed by atoms with van der Waals surface area (Å²) in [6, 6.07) is 12.3. The van der Waals surface area contributed by atoms with Crippen LogP contribution >= 0.6 is 0 Å². The molecule has 2 saturated heterocycles. The number of aromatic hydroxyl groups is 1. The molecule has 37 heavy (non-hydrogen) atoms. The van der Waals surface area contributed by atoms with Crippen molar-refractivity contribution >= 4 is 22.7 Å². The minimum atomic E-state index is -1.07. The van der Waals surface area contributed by atoms with Gasteiger partial charge in [0.1, 0.15) is 17.0 Å². The first-order valence-electron chi connectivity index (χ1n) is 12.8. The predicted molar refractivity (Wildman–Crippen MR) is 138 cm³/mol. The quantitative estimate of drug-likeness (QED) is 0.553. The number of aromatic nitrogens is 1. The van der Waals surface area contributed by atoms with Gasteiger partial charge in [0.25, 0.3) is 0 Å². The van der Waals surface area contributed by atoms with Crippen LogP contribution in [0.25, 0.3) is 10.9 Å². The van der Waals surface area contributed by atoms with Crippen LogP contribution in [-0.4, -0.2) is 95.2 Å². The molecule has 4 heterocycles. The molecule has 0 bridgehead atoms. The van der Waals surface area contributed by atoms with Gasteiger partial charge in [0.15, 0.2) is 0 Å². The Balaban J connectivity index is 1.43. The number of rotatable bonds is 5. The summed E-state index contributed by atoms with van der Waals surface area (Å²) in [6.45, 7) is 6.18. The summed E-state index contributed by atoms with van der Waals surface area (Å²) in [7, 11) is 1.63. The van der Waals surface area contributed by atoms with Crippen LogP contribution in [-0.2, 0) is 20.7 Å². The predicted octanol–water partition coefficient (Wildman–Crippen LogP) is 2.29. The molecule has 3 aliphatic heterocycles. The van der Waals surface area contributed by atoms with E-state index in [1.54, 1.807) is 35.1 Å². The molecule has 2 aromatic carbocycles. The summed E-state index contributed by atoms with van der Waals surface area (Å²) in [4.78, 5) is 37.2. The van der Waals surface area contributed by atoms with Crippen LogP contribution in [0.1, 0.15) is 29.8 Å². The maximum absolute atomic E-state index is 14.1. The Bertz CT molecular complexity index is 1360. The molecule has 3 aliphatic rings. The Morgan fingerprint density at radius 2 is 1.95 bits per heavy atom. The highest BCUT2D eigenvalue weighted by molar-refractivity contribution is 6.00. The average molecular weight is 505 g/mol. The summed E-state index contributed by atoms with van der Waals surface area (Å²) >= 11 is 0. The highest BCUT2D eigenvalue weighted by atomic mass is 16.5. The van der Waals surface area contributed by atoms with E-state index in [-0.39, 0.29) is 24.1 Å². The summed E-state index contributed by atoms with van der Waals surface area (Å²) < 4.78 is 10.9. The number of nitrogens with zero attached hydrogens (tertiary/aromatic N) is 3. The minimum Gasteiger partial charge on any atom is -0.508 e. The van der Waals surface area contributed by atoms with Gasteiger partial charge in [-0.1, -0.05) is 12.1 Å². The molecule has 2 atom stereocenters. The molecule has 0 aliphatic carbocycles. The van der Waals surface area contributed by atoms with Gasteiger partial charge in [0, 0.05) is 49.2 Å². The fourth-order valence-electron chi connectivity index (χ4n) is 6.17. The number of benzene rings is 2. The van der Waals surface area contributed by atoms with Crippen molar-refractivity contribution in [3.05, 3.63) is 59.3 Å². The first kappa shape index (κ1) is 23.8. The fraction of sp³-hybridized carbons (Fsp3) is 0.429. The molecule has 9 nitrogen and oxygen atoms in total. The number of fused-ring (bicyclic) bond motifs is 4. The van der Waals surface area contributed by atoms with Gasteiger partial charge in [0.2, 0.25) is 11.8 Å². The fourth-order valence-corrected chi connectivity index (χ4v) is 6.17. The van der Waals surface area contributed by atoms with Crippen LogP contribution in [0.15, 0.2) is 42.5 Å². The monoisotopic (exact) mass is 504 g/mol. The van der Waals surface area contributed by atoms with E-state index in [2.05, 4.69) is 9.88 Å². The molecule has 0 saturated carbocycles. The maximum Gasteiger partial charge on any atom is 0.249 e. The summed E-state index contributed by atoms with van der Waals surface area (Å²) in [5.41, 5.74) is 2.48. The number of hydrogen-bond donors (Lipinski definition) is 2. The smallest absolute Gasteiger partial charge is 0.249 e. The second-order valence-corrected chi connectivity index (χ2v) is 10.3. The molecule has 3 aromatic rings. The maximum atomic E-state index is 14.1. The summed E-state index contributed by atoms with van der Waals surface area (Å²) in [6.07, 6.45) is 0.392. The zero-order chi connectivity index (χ0) is 25.7. The number of nitrogens with one attached hydrogen (secondary N) is 1. The highest BCUT2D eigenvalue weighted by Crippen LogP contribution is 2.47. The zero-order valence-electron chi connectivity index (χ0n) is 21.2. The lowest BCUT2D eigenvalue weighted by atomic mass is 9.78. The number of morpholine rings is 1. The van der Waals surface area contributed by atoms with Crippen molar-refractivity contribution in [2.45, 2.75) is 24.9 Å². The first-order chi connectivity index (χ1) is 17.9. The largest absolute Gasteiger partial charge is 0.508 e. The summed E-state index contributed by atoms with van der Waals surface area (Å²) in [5, 5.41) is 11.3. The Hall–Kier alpha value is -3.56. The van der Waals surface area contributed by atoms with Crippen molar-refractivity contribution in [2.75, 3.05) is 53.0 Å². The van der Waals surface area contributed by atoms with E-state index in [4.69, 9.17) is 9.47 Å². The van der Waals surface area contributed by atoms with Gasteiger partial charge in [0.05, 0.1) is 32.9 Å². The number of phenols is 1. The number of H-pyrrole nitrogens is 1. The van der Waals surface area contributed by atoms with Crippen molar-refractivity contribution < 1.29 is 24.2 Å². The Labute approximate surface area is 215 Å². The molecular formula is C28H32N4O5. The number of carbonyl (C=O) groups excluding carboxylic acids is 2. The third-order valence-corrected chi connectivity index (χ3v) is 8.05. The van der Waals surface area contributed by atoms with E-state index in [1.165, 1.54) is 0 Å². The number of hydrogen-bond acceptors (Lipinski definition) is 6. The van der Waals surface area contributed by atoms with Crippen molar-refractivity contribution in [3.8, 4) is 11.5 Å². The van der Waals surface area contributed by atoms with Crippen LogP contribution in [0.3, 0.4) is 0 Å². The third-order valence-electron chi connectivity index (χ3n) is 8.05. The van der Waals surface area contributed by atoms with E-state index < -0.39 is 11.6 Å². The van der Waals surface area contributed by atoms with E-state index in [1.807, 2.05) is 31.2 Å². The van der Waals surface area contributed by atoms with E-state index in [0.717, 1.165) is 46.6 Å². The van der Waals surface area contributed by atoms with Crippen LogP contribution in [0.4, 0.5) is 0 Å². The van der Waals surface area contributed by atoms with Gasteiger partial charge < -0.3 is 29.4 Å². The number of phenolic OH excluding ortho intramolecular Hbond substituents is 1. The normalized spacial score (nSPS) is 24.3. The Kier molecular flexibility index (Phi) is 5.84. The second kappa shape index (κ2) is 9.08. The van der Waals surface area contributed by atoms with Gasteiger partial charge in [-0.25, -0.2) is 0 Å². The lowest BCUT2D eigenvalue weighted by Crippen LogP contribution is -2.70. The molecule has 0 unspecified atom stereocenters. The van der Waals surface area contributed by atoms with Crippen molar-refractivity contribution in [3.63, 3.8) is 0 Å². The van der Waals surface area contributed by atoms with Crippen molar-refractivity contribution in [1.82, 2.24) is 19.7 Å². The standard InChI is InChI=1S/C28H32N4O5/c1-28-16-22-21-15-20(36-2)6-7-23(21)29-25(22)26(18-4-3-5-19(33)14-18)32(28)24(34)17-31(27(28)35)9-8-30-10-12-37-13-11-30/h3-7,14-15,26,29,33H,8-13,16-17H2,1-2H3/t26-,28-/m1/s1. The average Bonchev–Trinajstić information content (AvgIpc) is 3.26. The molecule has 2 N–H and O–H groups in total. The van der Waals surface area contributed by atoms with Crippen LogP contribution in [0, 0.1) is 0 Å². The highest BCUT2D eigenvalue weighted by Gasteiger charge is 2.56. The summed E-state index contributed by atoms with van der Waals surface area (Å²) in [5.74, 6) is 0.703. The van der Waals surface area contributed by atoms with E-state index in [9.17, 15) is 14.7 Å². The molecular weight excluding hydrogens is 472 g/mol. The first-order valence-corrected chi connectivity index (χ1v) is 12.8. The molecule has 9 heteroatoms. The number of carbonyl (C=O) groups is 2. The number of methoxy groups -OCH3 is 1. The minimum absolute atomic E-state index is 0.0392. The molecule has 2 fully saturated rings. The van der Waals surface area contributed by atoms with Crippen LogP contribution in [0.5, 0.6) is 11.5 Å². The molecule has 1 aromatic heterocycles. The topological polar surface area (TPSA) is 98.3 Å². The number of amides is 2. The lowest BCUT2D eigenvalue weighted by Gasteiger charge is -2.53. The molecule has 2 amide bonds. The SMILES string of the molecule is COc1ccc2[nH]c3c(c2c1)C[C@]1(C)C(=O)N(CCN2CCOCC2)CC(=O)N1[C@@H]3c1cccc(O)c1. The Morgan fingerprint density at radius 1 is 1.14 bits per heavy atom. The number of piperazine rings is 1. The second-order valence-electron chi connectivity index (χ2n) is 10.3. The van der Waals surface area contributed by atoms with Crippen molar-refractivity contribution in [1.29, 1.82) is 0 Å². The van der Waals surface area contributed by atoms with Crippen LogP contribution in [0.2, 0.25) is 0 Å². The molecule has 6 rings (SSSR count). The molecule has 194 valence electrons. The van der Waals surface area contributed by atoms with Gasteiger partial charge in [-0.2, -0.15) is 0 Å². The van der Waals surface area contributed by atoms with Gasteiger partial charge in [-0.15, -0.1) is 0 Å². The molecule has 0 spiro atoms. The van der Waals surface area contributed by atoms with E-state index >= 15 is 0 Å². The van der Waals surface area contributed by atoms with Gasteiger partial charge in [-0.05, 0) is 48.4 Å². The lowest BCUT2D eigenvalue weighted by molar-refractivity contribution is -0.167. The van der Waals surface area contributed by atoms with Gasteiger partial charge >= 0.3 is 0 Å². The van der Waals surface area contributed by atoms with Crippen LogP contribution < -0.4 is 4.74 Å². The zero-order valence-corrected chi connectivity index (χ0v) is 21.2.